The molecule has 0 radical (unpaired) electrons. The van der Waals surface area contributed by atoms with E-state index in [1.165, 1.54) is 0 Å². The number of carbonyl (C=O) groups excluding carboxylic acids is 1. The Balaban J connectivity index is 1.61. The summed E-state index contributed by atoms with van der Waals surface area (Å²) in [6, 6.07) is 9.15. The number of hydrogen-bond donors (Lipinski definition) is 1. The number of hydrogen-bond acceptors (Lipinski definition) is 5. The second-order valence-electron chi connectivity index (χ2n) is 5.58. The summed E-state index contributed by atoms with van der Waals surface area (Å²) >= 11 is 0. The first-order valence-corrected chi connectivity index (χ1v) is 7.76. The molecule has 3 heterocycles. The largest absolute Gasteiger partial charge is 0.352 e. The van der Waals surface area contributed by atoms with Gasteiger partial charge in [-0.15, -0.1) is 0 Å². The van der Waals surface area contributed by atoms with Crippen LogP contribution in [0.1, 0.15) is 11.3 Å². The summed E-state index contributed by atoms with van der Waals surface area (Å²) in [6.45, 7) is 4.34. The molecule has 0 aliphatic carbocycles. The van der Waals surface area contributed by atoms with Gasteiger partial charge < -0.3 is 15.1 Å². The molecule has 1 fully saturated rings. The molecule has 7 nitrogen and oxygen atoms in total. The first-order chi connectivity index (χ1) is 11.7. The summed E-state index contributed by atoms with van der Waals surface area (Å²) in [5.41, 5.74) is 2.16. The first kappa shape index (κ1) is 15.7. The van der Waals surface area contributed by atoms with Crippen LogP contribution in [0.5, 0.6) is 0 Å². The number of pyridine rings is 2. The summed E-state index contributed by atoms with van der Waals surface area (Å²) < 4.78 is 0. The van der Waals surface area contributed by atoms with Gasteiger partial charge in [0.2, 0.25) is 0 Å². The van der Waals surface area contributed by atoms with Gasteiger partial charge in [-0.2, -0.15) is 5.26 Å². The van der Waals surface area contributed by atoms with Gasteiger partial charge in [0.15, 0.2) is 0 Å². The number of nitriles is 1. The van der Waals surface area contributed by atoms with E-state index in [0.29, 0.717) is 37.6 Å². The smallest absolute Gasteiger partial charge is 0.321 e. The van der Waals surface area contributed by atoms with E-state index in [4.69, 9.17) is 0 Å². The van der Waals surface area contributed by atoms with Crippen LogP contribution in [-0.2, 0) is 0 Å². The summed E-state index contributed by atoms with van der Waals surface area (Å²) in [5, 5.41) is 12.1. The van der Waals surface area contributed by atoms with Gasteiger partial charge in [-0.25, -0.2) is 9.78 Å². The number of nitrogens with zero attached hydrogens (tertiary/aromatic N) is 5. The van der Waals surface area contributed by atoms with Crippen molar-refractivity contribution in [3.63, 3.8) is 0 Å². The minimum absolute atomic E-state index is 0.123. The van der Waals surface area contributed by atoms with Crippen molar-refractivity contribution in [2.24, 2.45) is 0 Å². The van der Waals surface area contributed by atoms with Crippen LogP contribution < -0.4 is 10.2 Å². The topological polar surface area (TPSA) is 85.2 Å². The maximum Gasteiger partial charge on any atom is 0.321 e. The third kappa shape index (κ3) is 3.43. The van der Waals surface area contributed by atoms with Gasteiger partial charge in [0, 0.05) is 50.0 Å². The molecule has 0 bridgehead atoms. The lowest BCUT2D eigenvalue weighted by atomic mass is 10.2. The Hall–Kier alpha value is -3.14. The number of aromatic nitrogens is 2. The first-order valence-electron chi connectivity index (χ1n) is 7.76. The molecule has 1 saturated heterocycles. The van der Waals surface area contributed by atoms with Gasteiger partial charge >= 0.3 is 6.03 Å². The van der Waals surface area contributed by atoms with Crippen molar-refractivity contribution in [3.8, 4) is 6.07 Å². The Kier molecular flexibility index (Phi) is 4.57. The van der Waals surface area contributed by atoms with Crippen LogP contribution in [0, 0.1) is 18.3 Å². The molecular weight excluding hydrogens is 304 g/mol. The Morgan fingerprint density at radius 2 is 2.00 bits per heavy atom. The number of anilines is 2. The lowest BCUT2D eigenvalue weighted by Crippen LogP contribution is -2.50. The fourth-order valence-corrected chi connectivity index (χ4v) is 2.68. The molecule has 0 saturated carbocycles. The van der Waals surface area contributed by atoms with E-state index in [1.54, 1.807) is 35.5 Å². The molecule has 1 aliphatic rings. The fourth-order valence-electron chi connectivity index (χ4n) is 2.68. The van der Waals surface area contributed by atoms with Gasteiger partial charge in [-0.1, -0.05) is 0 Å². The molecular formula is C17H18N6O. The number of carbonyl (C=O) groups is 1. The van der Waals surface area contributed by atoms with E-state index in [9.17, 15) is 10.1 Å². The number of rotatable bonds is 2. The highest BCUT2D eigenvalue weighted by atomic mass is 16.2. The lowest BCUT2D eigenvalue weighted by Gasteiger charge is -2.35. The van der Waals surface area contributed by atoms with Crippen LogP contribution >= 0.6 is 0 Å². The molecule has 7 heteroatoms. The third-order valence-electron chi connectivity index (χ3n) is 3.92. The Morgan fingerprint density at radius 3 is 2.71 bits per heavy atom. The molecule has 1 aliphatic heterocycles. The zero-order valence-electron chi connectivity index (χ0n) is 13.4. The minimum Gasteiger partial charge on any atom is -0.352 e. The molecule has 1 N–H and O–H groups in total. The quantitative estimate of drug-likeness (QED) is 0.914. The van der Waals surface area contributed by atoms with E-state index in [1.807, 2.05) is 17.9 Å². The predicted octanol–water partition coefficient (Wildman–Crippen LogP) is 2.01. The number of nitrogens with one attached hydrogen (secondary N) is 1. The second-order valence-corrected chi connectivity index (χ2v) is 5.58. The predicted molar refractivity (Wildman–Crippen MR) is 90.7 cm³/mol. The highest BCUT2D eigenvalue weighted by Gasteiger charge is 2.23. The highest BCUT2D eigenvalue weighted by Crippen LogP contribution is 2.18. The second kappa shape index (κ2) is 6.96. The minimum atomic E-state index is -0.123. The van der Waals surface area contributed by atoms with Gasteiger partial charge in [0.05, 0.1) is 5.56 Å². The molecule has 0 unspecified atom stereocenters. The molecule has 2 amide bonds. The van der Waals surface area contributed by atoms with Crippen LogP contribution in [-0.4, -0.2) is 47.1 Å². The van der Waals surface area contributed by atoms with Gasteiger partial charge in [-0.05, 0) is 31.2 Å². The normalized spacial score (nSPS) is 14.2. The summed E-state index contributed by atoms with van der Waals surface area (Å²) in [4.78, 5) is 24.6. The van der Waals surface area contributed by atoms with Crippen molar-refractivity contribution in [1.82, 2.24) is 14.9 Å². The summed E-state index contributed by atoms with van der Waals surface area (Å²) in [6.07, 6.45) is 3.36. The number of piperazine rings is 1. The zero-order valence-corrected chi connectivity index (χ0v) is 13.4. The molecule has 2 aromatic rings. The van der Waals surface area contributed by atoms with Crippen LogP contribution in [0.15, 0.2) is 36.7 Å². The van der Waals surface area contributed by atoms with E-state index in [2.05, 4.69) is 21.4 Å². The van der Waals surface area contributed by atoms with Crippen molar-refractivity contribution >= 4 is 17.5 Å². The molecule has 0 aromatic carbocycles. The third-order valence-corrected chi connectivity index (χ3v) is 3.92. The van der Waals surface area contributed by atoms with E-state index >= 15 is 0 Å². The number of urea groups is 1. The van der Waals surface area contributed by atoms with Crippen LogP contribution in [0.3, 0.4) is 0 Å². The number of aryl methyl sites for hydroxylation is 1. The molecule has 24 heavy (non-hydrogen) atoms. The van der Waals surface area contributed by atoms with Crippen LogP contribution in [0.25, 0.3) is 0 Å². The van der Waals surface area contributed by atoms with Crippen molar-refractivity contribution in [3.05, 3.63) is 47.9 Å². The monoisotopic (exact) mass is 322 g/mol. The fraction of sp³-hybridized carbons (Fsp3) is 0.294. The van der Waals surface area contributed by atoms with Gasteiger partial charge in [0.25, 0.3) is 0 Å². The molecule has 0 spiro atoms. The molecule has 122 valence electrons. The van der Waals surface area contributed by atoms with Crippen molar-refractivity contribution in [2.45, 2.75) is 6.92 Å². The van der Waals surface area contributed by atoms with Gasteiger partial charge in [-0.3, -0.25) is 4.98 Å². The highest BCUT2D eigenvalue weighted by molar-refractivity contribution is 5.89. The van der Waals surface area contributed by atoms with E-state index < -0.39 is 0 Å². The molecule has 0 atom stereocenters. The van der Waals surface area contributed by atoms with E-state index in [-0.39, 0.29) is 6.03 Å². The summed E-state index contributed by atoms with van der Waals surface area (Å²) in [7, 11) is 0. The average molecular weight is 322 g/mol. The van der Waals surface area contributed by atoms with E-state index in [0.717, 1.165) is 11.4 Å². The van der Waals surface area contributed by atoms with Crippen molar-refractivity contribution < 1.29 is 4.79 Å². The molecule has 3 rings (SSSR count). The van der Waals surface area contributed by atoms with Gasteiger partial charge in [0.1, 0.15) is 11.9 Å². The standard InChI is InChI=1S/C17H18N6O/c1-13-11-15(4-6-19-13)21-17(24)23-9-7-22(8-10-23)16-14(12-18)3-2-5-20-16/h2-6,11H,7-10H2,1H3,(H,19,21,24). The Labute approximate surface area is 140 Å². The van der Waals surface area contributed by atoms with Crippen molar-refractivity contribution in [1.29, 1.82) is 5.26 Å². The maximum atomic E-state index is 12.4. The Morgan fingerprint density at radius 1 is 1.21 bits per heavy atom. The zero-order chi connectivity index (χ0) is 16.9. The Bertz CT molecular complexity index is 777. The van der Waals surface area contributed by atoms with Crippen molar-refractivity contribution in [2.75, 3.05) is 36.4 Å². The van der Waals surface area contributed by atoms with Crippen LogP contribution in [0.4, 0.5) is 16.3 Å². The number of amides is 2. The van der Waals surface area contributed by atoms with Crippen LogP contribution in [0.2, 0.25) is 0 Å². The molecule has 2 aromatic heterocycles. The average Bonchev–Trinajstić information content (AvgIpc) is 2.62. The lowest BCUT2D eigenvalue weighted by molar-refractivity contribution is 0.208. The summed E-state index contributed by atoms with van der Waals surface area (Å²) in [5.74, 6) is 0.685. The SMILES string of the molecule is Cc1cc(NC(=O)N2CCN(c3ncccc3C#N)CC2)ccn1. The maximum absolute atomic E-state index is 12.4.